The van der Waals surface area contributed by atoms with Crippen molar-refractivity contribution in [2.24, 2.45) is 5.16 Å². The maximum absolute atomic E-state index is 13.5. The molecule has 0 spiro atoms. The molecule has 1 aliphatic rings. The average molecular weight is 483 g/mol. The Bertz CT molecular complexity index is 1340. The summed E-state index contributed by atoms with van der Waals surface area (Å²) in [6.45, 7) is 0.300. The Morgan fingerprint density at radius 3 is 2.42 bits per heavy atom. The lowest BCUT2D eigenvalue weighted by Crippen LogP contribution is -2.31. The van der Waals surface area contributed by atoms with Crippen LogP contribution in [0.25, 0.3) is 11.1 Å². The van der Waals surface area contributed by atoms with Crippen molar-refractivity contribution in [1.29, 1.82) is 0 Å². The van der Waals surface area contributed by atoms with E-state index in [4.69, 9.17) is 9.36 Å². The minimum atomic E-state index is -0.769. The van der Waals surface area contributed by atoms with Crippen molar-refractivity contribution in [3.63, 3.8) is 0 Å². The molecule has 1 saturated heterocycles. The van der Waals surface area contributed by atoms with E-state index in [0.717, 1.165) is 16.7 Å². The number of likely N-dealkylation sites (tertiary alicyclic amines) is 1. The molecule has 36 heavy (non-hydrogen) atoms. The highest BCUT2D eigenvalue weighted by Crippen LogP contribution is 2.31. The van der Waals surface area contributed by atoms with Crippen LogP contribution < -0.4 is 0 Å². The summed E-state index contributed by atoms with van der Waals surface area (Å²) in [5, 5.41) is 18.7. The fraction of sp³-hybridized carbons (Fsp3) is 0.214. The maximum atomic E-state index is 13.5. The van der Waals surface area contributed by atoms with Crippen molar-refractivity contribution < 1.29 is 19.3 Å². The number of carbonyl (C=O) groups excluding carboxylic acids is 1. The van der Waals surface area contributed by atoms with Crippen LogP contribution in [0.3, 0.4) is 0 Å². The molecule has 8 nitrogen and oxygen atoms in total. The molecule has 8 heteroatoms. The summed E-state index contributed by atoms with van der Waals surface area (Å²) in [5.74, 6) is 0.524. The van der Waals surface area contributed by atoms with Crippen LogP contribution in [0.15, 0.2) is 94.6 Å². The van der Waals surface area contributed by atoms with Gasteiger partial charge in [0.1, 0.15) is 13.2 Å². The standard InChI is InChI=1S/C28H26N4O4/c1-35-30-23-16-24(27-29-26(36-31-27)17-25(33)21-10-6-3-7-11-21)32(18-23)28(34)22-14-12-20(13-15-22)19-8-4-2-5-9-19/h2-15,24-25,33H,16-18H2,1H3/b30-23-/t24-,25-/m0/s1. The summed E-state index contributed by atoms with van der Waals surface area (Å²) in [7, 11) is 1.48. The monoisotopic (exact) mass is 482 g/mol. The van der Waals surface area contributed by atoms with Crippen LogP contribution in [-0.4, -0.2) is 45.4 Å². The van der Waals surface area contributed by atoms with Crippen molar-refractivity contribution in [3.05, 3.63) is 108 Å². The van der Waals surface area contributed by atoms with Gasteiger partial charge in [0.05, 0.1) is 24.8 Å². The van der Waals surface area contributed by atoms with Crippen LogP contribution >= 0.6 is 0 Å². The molecule has 2 atom stereocenters. The third-order valence-corrected chi connectivity index (χ3v) is 6.21. The van der Waals surface area contributed by atoms with Gasteiger partial charge in [-0.15, -0.1) is 0 Å². The lowest BCUT2D eigenvalue weighted by Gasteiger charge is -2.21. The summed E-state index contributed by atoms with van der Waals surface area (Å²) < 4.78 is 5.43. The molecular weight excluding hydrogens is 456 g/mol. The highest BCUT2D eigenvalue weighted by Gasteiger charge is 2.38. The van der Waals surface area contributed by atoms with E-state index < -0.39 is 12.1 Å². The van der Waals surface area contributed by atoms with Gasteiger partial charge in [0.25, 0.3) is 5.91 Å². The summed E-state index contributed by atoms with van der Waals surface area (Å²) in [6, 6.07) is 26.4. The molecule has 182 valence electrons. The molecule has 1 fully saturated rings. The number of rotatable bonds is 7. The summed E-state index contributed by atoms with van der Waals surface area (Å²) in [4.78, 5) is 24.7. The minimum Gasteiger partial charge on any atom is -0.399 e. The highest BCUT2D eigenvalue weighted by molar-refractivity contribution is 6.00. The fourth-order valence-electron chi connectivity index (χ4n) is 4.39. The number of hydrogen-bond acceptors (Lipinski definition) is 7. The SMILES string of the molecule is CO/N=C1/C[C@@H](c2noc(C[C@H](O)c3ccccc3)n2)N(C(=O)c2ccc(-c3ccccc3)cc2)C1. The number of carbonyl (C=O) groups is 1. The molecule has 1 N–H and O–H groups in total. The van der Waals surface area contributed by atoms with Gasteiger partial charge in [-0.3, -0.25) is 4.79 Å². The first-order chi connectivity index (χ1) is 17.6. The third-order valence-electron chi connectivity index (χ3n) is 6.21. The number of benzene rings is 3. The van der Waals surface area contributed by atoms with E-state index in [1.165, 1.54) is 7.11 Å². The van der Waals surface area contributed by atoms with E-state index in [0.29, 0.717) is 36.0 Å². The van der Waals surface area contributed by atoms with Gasteiger partial charge < -0.3 is 19.4 Å². The van der Waals surface area contributed by atoms with E-state index in [1.807, 2.05) is 84.9 Å². The Hall–Kier alpha value is -4.30. The van der Waals surface area contributed by atoms with Crippen molar-refractivity contribution in [3.8, 4) is 11.1 Å². The quantitative estimate of drug-likeness (QED) is 0.386. The van der Waals surface area contributed by atoms with Gasteiger partial charge in [-0.2, -0.15) is 4.98 Å². The molecule has 0 aliphatic carbocycles. The predicted molar refractivity (Wildman–Crippen MR) is 134 cm³/mol. The van der Waals surface area contributed by atoms with Crippen molar-refractivity contribution in [2.45, 2.75) is 25.0 Å². The zero-order valence-corrected chi connectivity index (χ0v) is 19.8. The number of aliphatic hydroxyl groups is 1. The number of hydrogen-bond donors (Lipinski definition) is 1. The molecule has 0 bridgehead atoms. The van der Waals surface area contributed by atoms with Gasteiger partial charge in [0.2, 0.25) is 5.89 Å². The molecule has 1 aromatic heterocycles. The zero-order valence-electron chi connectivity index (χ0n) is 19.8. The number of aliphatic hydroxyl groups excluding tert-OH is 1. The van der Waals surface area contributed by atoms with Crippen LogP contribution in [0.2, 0.25) is 0 Å². The Balaban J connectivity index is 1.35. The smallest absolute Gasteiger partial charge is 0.254 e. The minimum absolute atomic E-state index is 0.156. The fourth-order valence-corrected chi connectivity index (χ4v) is 4.39. The van der Waals surface area contributed by atoms with E-state index >= 15 is 0 Å². The zero-order chi connectivity index (χ0) is 24.9. The molecule has 1 amide bonds. The van der Waals surface area contributed by atoms with Gasteiger partial charge in [0.15, 0.2) is 5.82 Å². The first kappa shape index (κ1) is 23.4. The second-order valence-corrected chi connectivity index (χ2v) is 8.61. The normalized spacial score (nSPS) is 17.3. The molecule has 0 saturated carbocycles. The third kappa shape index (κ3) is 5.04. The van der Waals surface area contributed by atoms with Gasteiger partial charge in [-0.05, 0) is 28.8 Å². The maximum Gasteiger partial charge on any atom is 0.254 e. The Labute approximate surface area is 208 Å². The number of nitrogens with zero attached hydrogens (tertiary/aromatic N) is 4. The summed E-state index contributed by atoms with van der Waals surface area (Å²) in [6.07, 6.45) is -0.158. The second-order valence-electron chi connectivity index (χ2n) is 8.61. The van der Waals surface area contributed by atoms with Crippen molar-refractivity contribution in [2.75, 3.05) is 13.7 Å². The topological polar surface area (TPSA) is 101 Å². The van der Waals surface area contributed by atoms with E-state index in [1.54, 1.807) is 4.90 Å². The molecular formula is C28H26N4O4. The Morgan fingerprint density at radius 2 is 1.72 bits per heavy atom. The van der Waals surface area contributed by atoms with Crippen LogP contribution in [0, 0.1) is 0 Å². The molecule has 5 rings (SSSR count). The van der Waals surface area contributed by atoms with Crippen LogP contribution in [0.1, 0.15) is 46.2 Å². The average Bonchev–Trinajstić information content (AvgIpc) is 3.57. The first-order valence-corrected chi connectivity index (χ1v) is 11.7. The second kappa shape index (κ2) is 10.5. The summed E-state index contributed by atoms with van der Waals surface area (Å²) >= 11 is 0. The highest BCUT2D eigenvalue weighted by atomic mass is 16.6. The van der Waals surface area contributed by atoms with Crippen LogP contribution in [0.4, 0.5) is 0 Å². The van der Waals surface area contributed by atoms with E-state index in [2.05, 4.69) is 15.3 Å². The number of aromatic nitrogens is 2. The Morgan fingerprint density at radius 1 is 1.06 bits per heavy atom. The van der Waals surface area contributed by atoms with Gasteiger partial charge in [-0.25, -0.2) is 0 Å². The van der Waals surface area contributed by atoms with Gasteiger partial charge in [0, 0.05) is 12.0 Å². The Kier molecular flexibility index (Phi) is 6.86. The number of amides is 1. The van der Waals surface area contributed by atoms with Crippen molar-refractivity contribution in [1.82, 2.24) is 15.0 Å². The number of oxime groups is 1. The molecule has 0 unspecified atom stereocenters. The van der Waals surface area contributed by atoms with Gasteiger partial charge >= 0.3 is 0 Å². The lowest BCUT2D eigenvalue weighted by molar-refractivity contribution is 0.0732. The van der Waals surface area contributed by atoms with E-state index in [-0.39, 0.29) is 12.3 Å². The molecule has 4 aromatic rings. The lowest BCUT2D eigenvalue weighted by atomic mass is 10.0. The predicted octanol–water partition coefficient (Wildman–Crippen LogP) is 4.60. The molecule has 0 radical (unpaired) electrons. The van der Waals surface area contributed by atoms with Gasteiger partial charge in [-0.1, -0.05) is 83.1 Å². The largest absolute Gasteiger partial charge is 0.399 e. The summed E-state index contributed by atoms with van der Waals surface area (Å²) in [5.41, 5.74) is 4.16. The van der Waals surface area contributed by atoms with Crippen LogP contribution in [0.5, 0.6) is 0 Å². The first-order valence-electron chi connectivity index (χ1n) is 11.7. The van der Waals surface area contributed by atoms with Crippen LogP contribution in [-0.2, 0) is 11.3 Å². The molecule has 1 aliphatic heterocycles. The molecule has 3 aromatic carbocycles. The molecule has 2 heterocycles. The van der Waals surface area contributed by atoms with E-state index in [9.17, 15) is 9.90 Å². The van der Waals surface area contributed by atoms with Crippen molar-refractivity contribution >= 4 is 11.6 Å².